The van der Waals surface area contributed by atoms with Crippen molar-refractivity contribution in [3.05, 3.63) is 28.2 Å². The van der Waals surface area contributed by atoms with Crippen molar-refractivity contribution in [3.63, 3.8) is 0 Å². The molecule has 0 fully saturated rings. The van der Waals surface area contributed by atoms with Crippen LogP contribution in [0.4, 0.5) is 0 Å². The Hall–Kier alpha value is -1.36. The summed E-state index contributed by atoms with van der Waals surface area (Å²) in [5.41, 5.74) is -0.231. The minimum atomic E-state index is -0.334. The summed E-state index contributed by atoms with van der Waals surface area (Å²) in [6.07, 6.45) is 0.681. The van der Waals surface area contributed by atoms with Crippen molar-refractivity contribution in [2.45, 2.75) is 33.2 Å². The van der Waals surface area contributed by atoms with Gasteiger partial charge in [-0.2, -0.15) is 5.10 Å². The van der Waals surface area contributed by atoms with Crippen LogP contribution in [0.5, 0.6) is 0 Å². The summed E-state index contributed by atoms with van der Waals surface area (Å²) in [6, 6.07) is 2.63. The maximum absolute atomic E-state index is 11.9. The molecule has 1 aromatic rings. The fourth-order valence-corrected chi connectivity index (χ4v) is 1.75. The zero-order valence-electron chi connectivity index (χ0n) is 10.8. The van der Waals surface area contributed by atoms with Crippen molar-refractivity contribution >= 4 is 17.5 Å². The van der Waals surface area contributed by atoms with E-state index in [1.165, 1.54) is 12.1 Å². The van der Waals surface area contributed by atoms with Gasteiger partial charge in [-0.05, 0) is 17.9 Å². The van der Waals surface area contributed by atoms with Gasteiger partial charge in [0, 0.05) is 18.0 Å². The number of hydrogen-bond donors (Lipinski definition) is 2. The third-order valence-electron chi connectivity index (χ3n) is 2.66. The summed E-state index contributed by atoms with van der Waals surface area (Å²) in [4.78, 5) is 22.8. The largest absolute Gasteiger partial charge is 0.347 e. The van der Waals surface area contributed by atoms with Gasteiger partial charge in [-0.25, -0.2) is 5.10 Å². The predicted molar refractivity (Wildman–Crippen MR) is 70.9 cm³/mol. The molecule has 1 aromatic heterocycles. The number of carbonyl (C=O) groups is 1. The van der Waals surface area contributed by atoms with E-state index in [1.54, 1.807) is 0 Å². The SMILES string of the molecule is CC(C)(C)C(CCCl)NC(=O)c1ccc(=O)[nH]n1. The number of halogens is 1. The summed E-state index contributed by atoms with van der Waals surface area (Å²) in [5.74, 6) is 0.164. The zero-order chi connectivity index (χ0) is 13.8. The third kappa shape index (κ3) is 4.14. The lowest BCUT2D eigenvalue weighted by Gasteiger charge is -2.30. The van der Waals surface area contributed by atoms with Crippen LogP contribution in [0, 0.1) is 5.41 Å². The van der Waals surface area contributed by atoms with Crippen LogP contribution in [0.25, 0.3) is 0 Å². The van der Waals surface area contributed by atoms with Gasteiger partial charge in [-0.15, -0.1) is 11.6 Å². The van der Waals surface area contributed by atoms with Gasteiger partial charge in [0.25, 0.3) is 11.5 Å². The highest BCUT2D eigenvalue weighted by Crippen LogP contribution is 2.22. The van der Waals surface area contributed by atoms with E-state index in [0.717, 1.165) is 0 Å². The second-order valence-electron chi connectivity index (χ2n) is 5.18. The monoisotopic (exact) mass is 271 g/mol. The first kappa shape index (κ1) is 14.7. The summed E-state index contributed by atoms with van der Waals surface area (Å²) < 4.78 is 0. The van der Waals surface area contributed by atoms with Crippen molar-refractivity contribution in [1.82, 2.24) is 15.5 Å². The van der Waals surface area contributed by atoms with Crippen LogP contribution in [0.3, 0.4) is 0 Å². The Morgan fingerprint density at radius 2 is 2.17 bits per heavy atom. The minimum Gasteiger partial charge on any atom is -0.347 e. The van der Waals surface area contributed by atoms with Gasteiger partial charge >= 0.3 is 0 Å². The van der Waals surface area contributed by atoms with E-state index in [1.807, 2.05) is 20.8 Å². The number of rotatable bonds is 4. The molecule has 0 aromatic carbocycles. The smallest absolute Gasteiger partial charge is 0.271 e. The molecule has 18 heavy (non-hydrogen) atoms. The summed E-state index contributed by atoms with van der Waals surface area (Å²) >= 11 is 5.74. The summed E-state index contributed by atoms with van der Waals surface area (Å²) in [7, 11) is 0. The first-order chi connectivity index (χ1) is 8.34. The van der Waals surface area contributed by atoms with E-state index in [2.05, 4.69) is 15.5 Å². The Balaban J connectivity index is 2.78. The molecule has 0 saturated carbocycles. The molecule has 5 nitrogen and oxygen atoms in total. The average Bonchev–Trinajstić information content (AvgIpc) is 2.28. The van der Waals surface area contributed by atoms with E-state index in [-0.39, 0.29) is 28.6 Å². The van der Waals surface area contributed by atoms with E-state index in [0.29, 0.717) is 12.3 Å². The Morgan fingerprint density at radius 1 is 1.50 bits per heavy atom. The van der Waals surface area contributed by atoms with Crippen LogP contribution >= 0.6 is 11.6 Å². The van der Waals surface area contributed by atoms with Crippen molar-refractivity contribution in [2.75, 3.05) is 5.88 Å². The Labute approximate surface area is 111 Å². The van der Waals surface area contributed by atoms with Crippen LogP contribution in [0.1, 0.15) is 37.7 Å². The lowest BCUT2D eigenvalue weighted by atomic mass is 9.85. The topological polar surface area (TPSA) is 74.8 Å². The number of amides is 1. The number of hydrogen-bond acceptors (Lipinski definition) is 3. The van der Waals surface area contributed by atoms with Gasteiger partial charge in [-0.1, -0.05) is 20.8 Å². The molecule has 0 aliphatic heterocycles. The number of nitrogens with one attached hydrogen (secondary N) is 2. The maximum atomic E-state index is 11.9. The molecule has 0 bridgehead atoms. The van der Waals surface area contributed by atoms with Crippen molar-refractivity contribution in [1.29, 1.82) is 0 Å². The number of nitrogens with zero attached hydrogens (tertiary/aromatic N) is 1. The molecule has 0 aliphatic rings. The molecule has 0 radical (unpaired) electrons. The van der Waals surface area contributed by atoms with E-state index >= 15 is 0 Å². The predicted octanol–water partition coefficient (Wildman–Crippen LogP) is 1.54. The maximum Gasteiger partial charge on any atom is 0.271 e. The van der Waals surface area contributed by atoms with E-state index in [4.69, 9.17) is 11.6 Å². The highest BCUT2D eigenvalue weighted by atomic mass is 35.5. The Kier molecular flexibility index (Phi) is 4.90. The quantitative estimate of drug-likeness (QED) is 0.816. The Bertz CT molecular complexity index is 445. The number of aromatic nitrogens is 2. The lowest BCUT2D eigenvalue weighted by molar-refractivity contribution is 0.0894. The van der Waals surface area contributed by atoms with Crippen LogP contribution in [0.15, 0.2) is 16.9 Å². The Morgan fingerprint density at radius 3 is 2.61 bits per heavy atom. The molecule has 6 heteroatoms. The molecular formula is C12H18ClN3O2. The van der Waals surface area contributed by atoms with Crippen LogP contribution in [-0.4, -0.2) is 28.0 Å². The molecule has 1 amide bonds. The first-order valence-electron chi connectivity index (χ1n) is 5.77. The summed E-state index contributed by atoms with van der Waals surface area (Å²) in [5, 5.41) is 8.81. The minimum absolute atomic E-state index is 0.0452. The van der Waals surface area contributed by atoms with Gasteiger partial charge in [0.05, 0.1) is 0 Å². The van der Waals surface area contributed by atoms with E-state index < -0.39 is 0 Å². The van der Waals surface area contributed by atoms with Crippen molar-refractivity contribution < 1.29 is 4.79 Å². The second kappa shape index (κ2) is 6.00. The van der Waals surface area contributed by atoms with Crippen molar-refractivity contribution in [3.8, 4) is 0 Å². The molecular weight excluding hydrogens is 254 g/mol. The van der Waals surface area contributed by atoms with Crippen molar-refractivity contribution in [2.24, 2.45) is 5.41 Å². The molecule has 0 spiro atoms. The molecule has 1 unspecified atom stereocenters. The molecule has 0 saturated heterocycles. The molecule has 0 aliphatic carbocycles. The number of carbonyl (C=O) groups excluding carboxylic acids is 1. The zero-order valence-corrected chi connectivity index (χ0v) is 11.5. The van der Waals surface area contributed by atoms with Crippen LogP contribution in [-0.2, 0) is 0 Å². The fourth-order valence-electron chi connectivity index (χ4n) is 1.53. The normalized spacial score (nSPS) is 13.1. The number of alkyl halides is 1. The highest BCUT2D eigenvalue weighted by Gasteiger charge is 2.26. The second-order valence-corrected chi connectivity index (χ2v) is 5.55. The van der Waals surface area contributed by atoms with Gasteiger partial charge in [0.2, 0.25) is 0 Å². The van der Waals surface area contributed by atoms with Gasteiger partial charge in [-0.3, -0.25) is 9.59 Å². The summed E-state index contributed by atoms with van der Waals surface area (Å²) in [6.45, 7) is 6.10. The number of H-pyrrole nitrogens is 1. The first-order valence-corrected chi connectivity index (χ1v) is 6.30. The molecule has 1 rings (SSSR count). The molecule has 100 valence electrons. The highest BCUT2D eigenvalue weighted by molar-refractivity contribution is 6.17. The number of aromatic amines is 1. The third-order valence-corrected chi connectivity index (χ3v) is 2.88. The van der Waals surface area contributed by atoms with Crippen LogP contribution < -0.4 is 10.9 Å². The standard InChI is InChI=1S/C12H18ClN3O2/c1-12(2,3)9(6-7-13)14-11(18)8-4-5-10(17)16-15-8/h4-5,9H,6-7H2,1-3H3,(H,14,18)(H,16,17). The van der Waals surface area contributed by atoms with E-state index in [9.17, 15) is 9.59 Å². The molecule has 1 heterocycles. The molecule has 1 atom stereocenters. The average molecular weight is 272 g/mol. The fraction of sp³-hybridized carbons (Fsp3) is 0.583. The van der Waals surface area contributed by atoms with Gasteiger partial charge in [0.1, 0.15) is 5.69 Å². The van der Waals surface area contributed by atoms with Gasteiger partial charge < -0.3 is 5.32 Å². The molecule has 2 N–H and O–H groups in total. The van der Waals surface area contributed by atoms with Gasteiger partial charge in [0.15, 0.2) is 0 Å². The lowest BCUT2D eigenvalue weighted by Crippen LogP contribution is -2.44. The van der Waals surface area contributed by atoms with Crippen LogP contribution in [0.2, 0.25) is 0 Å².